The van der Waals surface area contributed by atoms with Crippen molar-refractivity contribution in [3.63, 3.8) is 0 Å². The van der Waals surface area contributed by atoms with E-state index in [9.17, 15) is 19.5 Å². The average molecular weight is 386 g/mol. The fraction of sp³-hybridized carbons (Fsp3) is 0.381. The molecule has 0 aliphatic rings. The fourth-order valence-electron chi connectivity index (χ4n) is 3.07. The highest BCUT2D eigenvalue weighted by atomic mass is 16.5. The first-order valence-electron chi connectivity index (χ1n) is 9.21. The molecular weight excluding hydrogens is 360 g/mol. The van der Waals surface area contributed by atoms with Crippen LogP contribution < -0.4 is 5.32 Å². The molecule has 7 nitrogen and oxygen atoms in total. The zero-order valence-corrected chi connectivity index (χ0v) is 16.6. The molecule has 0 fully saturated rings. The van der Waals surface area contributed by atoms with Gasteiger partial charge in [-0.2, -0.15) is 0 Å². The molecule has 0 aliphatic carbocycles. The Morgan fingerprint density at radius 3 is 2.36 bits per heavy atom. The van der Waals surface area contributed by atoms with Crippen LogP contribution in [-0.2, 0) is 9.53 Å². The Morgan fingerprint density at radius 1 is 1.18 bits per heavy atom. The van der Waals surface area contributed by atoms with Gasteiger partial charge >= 0.3 is 5.97 Å². The topological polar surface area (TPSA) is 108 Å². The van der Waals surface area contributed by atoms with E-state index in [1.165, 1.54) is 0 Å². The van der Waals surface area contributed by atoms with E-state index in [1.54, 1.807) is 45.0 Å². The highest BCUT2D eigenvalue weighted by molar-refractivity contribution is 6.00. The van der Waals surface area contributed by atoms with Gasteiger partial charge in [0.25, 0.3) is 0 Å². The smallest absolute Gasteiger partial charge is 0.355 e. The number of Topliss-reactive ketones (excluding diaryl/α,β-unsaturated/α-hetero) is 1. The third-order valence-corrected chi connectivity index (χ3v) is 4.42. The average Bonchev–Trinajstić information content (AvgIpc) is 2.94. The van der Waals surface area contributed by atoms with Gasteiger partial charge in [-0.3, -0.25) is 9.59 Å². The van der Waals surface area contributed by atoms with Gasteiger partial charge in [-0.15, -0.1) is 0 Å². The lowest BCUT2D eigenvalue weighted by Gasteiger charge is -2.07. The number of benzene rings is 1. The fourth-order valence-corrected chi connectivity index (χ4v) is 3.07. The molecule has 1 atom stereocenters. The predicted molar refractivity (Wildman–Crippen MR) is 105 cm³/mol. The third-order valence-electron chi connectivity index (χ3n) is 4.42. The summed E-state index contributed by atoms with van der Waals surface area (Å²) in [5, 5.41) is 12.5. The number of aliphatic hydroxyl groups excluding tert-OH is 1. The maximum Gasteiger partial charge on any atom is 0.355 e. The van der Waals surface area contributed by atoms with Crippen LogP contribution in [0.1, 0.15) is 70.5 Å². The minimum absolute atomic E-state index is 0.0799. The third kappa shape index (κ3) is 5.07. The van der Waals surface area contributed by atoms with Crippen molar-refractivity contribution in [1.29, 1.82) is 0 Å². The SMILES string of the molecule is CCCC(=O)Nc1ccc(C(=O)COC(=O)c2[nH]c(C)c([C@H](C)O)c2C)cc1. The van der Waals surface area contributed by atoms with E-state index in [1.807, 2.05) is 6.92 Å². The van der Waals surface area contributed by atoms with Crippen molar-refractivity contribution in [3.05, 3.63) is 52.3 Å². The van der Waals surface area contributed by atoms with Crippen LogP contribution in [0.4, 0.5) is 5.69 Å². The Kier molecular flexibility index (Phi) is 7.12. The van der Waals surface area contributed by atoms with Gasteiger partial charge in [0.15, 0.2) is 12.4 Å². The lowest BCUT2D eigenvalue weighted by Crippen LogP contribution is -2.15. The van der Waals surface area contributed by atoms with E-state index in [0.29, 0.717) is 34.5 Å². The molecule has 0 spiro atoms. The molecule has 0 aliphatic heterocycles. The number of hydrogen-bond acceptors (Lipinski definition) is 5. The summed E-state index contributed by atoms with van der Waals surface area (Å²) in [4.78, 5) is 39.1. The summed E-state index contributed by atoms with van der Waals surface area (Å²) in [5.41, 5.74) is 3.17. The number of aliphatic hydroxyl groups is 1. The van der Waals surface area contributed by atoms with Crippen molar-refractivity contribution in [2.24, 2.45) is 0 Å². The summed E-state index contributed by atoms with van der Waals surface area (Å²) in [7, 11) is 0. The molecule has 0 radical (unpaired) electrons. The Bertz CT molecular complexity index is 866. The maximum absolute atomic E-state index is 12.3. The zero-order valence-electron chi connectivity index (χ0n) is 16.6. The van der Waals surface area contributed by atoms with Crippen molar-refractivity contribution in [2.75, 3.05) is 11.9 Å². The molecule has 1 amide bonds. The Balaban J connectivity index is 1.97. The molecule has 2 rings (SSSR count). The van der Waals surface area contributed by atoms with Crippen molar-refractivity contribution >= 4 is 23.3 Å². The number of ether oxygens (including phenoxy) is 1. The number of esters is 1. The van der Waals surface area contributed by atoms with Crippen LogP contribution in [0, 0.1) is 13.8 Å². The lowest BCUT2D eigenvalue weighted by atomic mass is 10.1. The first-order valence-corrected chi connectivity index (χ1v) is 9.21. The molecule has 1 heterocycles. The van der Waals surface area contributed by atoms with Crippen LogP contribution in [0.15, 0.2) is 24.3 Å². The van der Waals surface area contributed by atoms with E-state index in [0.717, 1.165) is 6.42 Å². The predicted octanol–water partition coefficient (Wildman–Crippen LogP) is 3.46. The maximum atomic E-state index is 12.3. The van der Waals surface area contributed by atoms with E-state index in [-0.39, 0.29) is 17.4 Å². The van der Waals surface area contributed by atoms with Crippen LogP contribution >= 0.6 is 0 Å². The highest BCUT2D eigenvalue weighted by Crippen LogP contribution is 2.24. The summed E-state index contributed by atoms with van der Waals surface area (Å²) < 4.78 is 5.13. The molecule has 0 unspecified atom stereocenters. The summed E-state index contributed by atoms with van der Waals surface area (Å²) >= 11 is 0. The second-order valence-corrected chi connectivity index (χ2v) is 6.71. The molecule has 3 N–H and O–H groups in total. The number of nitrogens with one attached hydrogen (secondary N) is 2. The molecule has 150 valence electrons. The molecule has 1 aromatic carbocycles. The van der Waals surface area contributed by atoms with E-state index in [2.05, 4.69) is 10.3 Å². The van der Waals surface area contributed by atoms with Crippen molar-refractivity contribution in [2.45, 2.75) is 46.6 Å². The van der Waals surface area contributed by atoms with E-state index < -0.39 is 18.7 Å². The Labute approximate surface area is 164 Å². The van der Waals surface area contributed by atoms with Gasteiger partial charge in [0.2, 0.25) is 5.91 Å². The largest absolute Gasteiger partial charge is 0.453 e. The van der Waals surface area contributed by atoms with Crippen molar-refractivity contribution in [1.82, 2.24) is 4.98 Å². The molecule has 0 saturated carbocycles. The van der Waals surface area contributed by atoms with Crippen LogP contribution in [0.25, 0.3) is 0 Å². The second-order valence-electron chi connectivity index (χ2n) is 6.71. The van der Waals surface area contributed by atoms with Gasteiger partial charge in [-0.05, 0) is 57.0 Å². The van der Waals surface area contributed by atoms with Crippen molar-refractivity contribution < 1.29 is 24.2 Å². The van der Waals surface area contributed by atoms with E-state index >= 15 is 0 Å². The number of carbonyl (C=O) groups excluding carboxylic acids is 3. The highest BCUT2D eigenvalue weighted by Gasteiger charge is 2.21. The number of H-pyrrole nitrogens is 1. The Hall–Kier alpha value is -2.93. The minimum atomic E-state index is -0.712. The van der Waals surface area contributed by atoms with Crippen LogP contribution in [0.5, 0.6) is 0 Å². The van der Waals surface area contributed by atoms with Gasteiger partial charge in [0.1, 0.15) is 5.69 Å². The molecule has 0 bridgehead atoms. The molecular formula is C21H26N2O5. The second kappa shape index (κ2) is 9.32. The standard InChI is InChI=1S/C21H26N2O5/c1-5-6-18(26)23-16-9-7-15(8-10-16)17(25)11-28-21(27)20-12(2)19(14(4)24)13(3)22-20/h7-10,14,22,24H,5-6,11H2,1-4H3,(H,23,26)/t14-/m0/s1. The van der Waals surface area contributed by atoms with E-state index in [4.69, 9.17) is 4.74 Å². The van der Waals surface area contributed by atoms with Gasteiger partial charge < -0.3 is 20.1 Å². The number of aromatic amines is 1. The molecule has 1 aromatic heterocycles. The van der Waals surface area contributed by atoms with Crippen LogP contribution in [0.2, 0.25) is 0 Å². The summed E-state index contributed by atoms with van der Waals surface area (Å²) in [6, 6.07) is 6.42. The number of amides is 1. The molecule has 7 heteroatoms. The first-order chi connectivity index (χ1) is 13.2. The zero-order chi connectivity index (χ0) is 20.8. The number of aromatic nitrogens is 1. The summed E-state index contributed by atoms with van der Waals surface area (Å²) in [6.45, 7) is 6.62. The van der Waals surface area contributed by atoms with Gasteiger partial charge in [0, 0.05) is 28.9 Å². The Morgan fingerprint density at radius 2 is 1.82 bits per heavy atom. The lowest BCUT2D eigenvalue weighted by molar-refractivity contribution is -0.116. The number of hydrogen-bond donors (Lipinski definition) is 3. The van der Waals surface area contributed by atoms with Gasteiger partial charge in [-0.25, -0.2) is 4.79 Å². The van der Waals surface area contributed by atoms with Crippen LogP contribution in [-0.4, -0.2) is 34.4 Å². The summed E-state index contributed by atoms with van der Waals surface area (Å²) in [5.74, 6) is -1.08. The molecule has 0 saturated heterocycles. The number of anilines is 1. The first kappa shape index (κ1) is 21.4. The van der Waals surface area contributed by atoms with Crippen LogP contribution in [0.3, 0.4) is 0 Å². The summed E-state index contributed by atoms with van der Waals surface area (Å²) in [6.07, 6.45) is 0.480. The minimum Gasteiger partial charge on any atom is -0.453 e. The quantitative estimate of drug-likeness (QED) is 0.475. The number of carbonyl (C=O) groups is 3. The number of aryl methyl sites for hydroxylation is 1. The number of rotatable bonds is 8. The van der Waals surface area contributed by atoms with Gasteiger partial charge in [-0.1, -0.05) is 6.92 Å². The monoisotopic (exact) mass is 386 g/mol. The molecule has 28 heavy (non-hydrogen) atoms. The van der Waals surface area contributed by atoms with Crippen molar-refractivity contribution in [3.8, 4) is 0 Å². The normalized spacial score (nSPS) is 11.8. The van der Waals surface area contributed by atoms with Gasteiger partial charge in [0.05, 0.1) is 6.10 Å². The molecule has 2 aromatic rings. The number of ketones is 1.